The molecule has 0 saturated heterocycles. The topological polar surface area (TPSA) is 124 Å². The first kappa shape index (κ1) is 17.1. The number of anilines is 1. The molecule has 0 aliphatic rings. The van der Waals surface area contributed by atoms with Gasteiger partial charge in [0.15, 0.2) is 0 Å². The van der Waals surface area contributed by atoms with Crippen LogP contribution >= 0.6 is 0 Å². The fourth-order valence-electron chi connectivity index (χ4n) is 2.37. The Labute approximate surface area is 149 Å². The van der Waals surface area contributed by atoms with Gasteiger partial charge in [0, 0.05) is 19.2 Å². The van der Waals surface area contributed by atoms with Gasteiger partial charge in [0.25, 0.3) is 0 Å². The van der Waals surface area contributed by atoms with Crippen LogP contribution in [-0.2, 0) is 16.0 Å². The van der Waals surface area contributed by atoms with E-state index >= 15 is 0 Å². The lowest BCUT2D eigenvalue weighted by atomic mass is 10.3. The van der Waals surface area contributed by atoms with Crippen molar-refractivity contribution in [3.63, 3.8) is 0 Å². The predicted octanol–water partition coefficient (Wildman–Crippen LogP) is 1.52. The second-order valence-electron chi connectivity index (χ2n) is 5.56. The molecule has 0 radical (unpaired) electrons. The van der Waals surface area contributed by atoms with Gasteiger partial charge in [-0.05, 0) is 30.7 Å². The summed E-state index contributed by atoms with van der Waals surface area (Å²) < 4.78 is 0. The van der Waals surface area contributed by atoms with E-state index in [4.69, 9.17) is 5.26 Å². The molecule has 3 rings (SSSR count). The van der Waals surface area contributed by atoms with Crippen molar-refractivity contribution in [3.05, 3.63) is 54.0 Å². The molecule has 0 aliphatic heterocycles. The van der Waals surface area contributed by atoms with Gasteiger partial charge in [-0.15, -0.1) is 0 Å². The zero-order chi connectivity index (χ0) is 18.4. The van der Waals surface area contributed by atoms with E-state index < -0.39 is 11.8 Å². The number of amides is 2. The molecule has 0 unspecified atom stereocenters. The Bertz CT molecular complexity index is 938. The third-order valence-corrected chi connectivity index (χ3v) is 3.65. The number of rotatable bonds is 5. The maximum absolute atomic E-state index is 11.8. The molecule has 8 nitrogen and oxygen atoms in total. The first-order valence-electron chi connectivity index (χ1n) is 8.04. The average molecular weight is 348 g/mol. The van der Waals surface area contributed by atoms with Crippen LogP contribution in [0, 0.1) is 11.3 Å². The smallest absolute Gasteiger partial charge is 0.314 e. The van der Waals surface area contributed by atoms with Gasteiger partial charge in [-0.2, -0.15) is 5.26 Å². The molecule has 26 heavy (non-hydrogen) atoms. The Morgan fingerprint density at radius 3 is 2.73 bits per heavy atom. The van der Waals surface area contributed by atoms with E-state index in [0.29, 0.717) is 24.9 Å². The number of carbonyl (C=O) groups excluding carboxylic acids is 2. The van der Waals surface area contributed by atoms with Crippen molar-refractivity contribution in [2.75, 3.05) is 11.9 Å². The Kier molecular flexibility index (Phi) is 5.19. The maximum Gasteiger partial charge on any atom is 0.314 e. The monoisotopic (exact) mass is 348 g/mol. The largest absolute Gasteiger partial charge is 0.348 e. The second kappa shape index (κ2) is 7.90. The van der Waals surface area contributed by atoms with Gasteiger partial charge in [-0.1, -0.05) is 12.1 Å². The molecule has 1 aromatic carbocycles. The standard InChI is InChI=1S/C18H16N6O2/c19-10-12-7-8-15(21-11-12)24-18(26)17(25)20-9-3-6-16-22-13-4-1-2-5-14(13)23-16/h1-2,4-5,7-8,11H,3,6,9H2,(H,20,25)(H,22,23)(H,21,24,26). The number of para-hydroxylation sites is 2. The number of imidazole rings is 1. The summed E-state index contributed by atoms with van der Waals surface area (Å²) >= 11 is 0. The lowest BCUT2D eigenvalue weighted by molar-refractivity contribution is -0.136. The number of aryl methyl sites for hydroxylation is 1. The van der Waals surface area contributed by atoms with Gasteiger partial charge in [-0.25, -0.2) is 9.97 Å². The highest BCUT2D eigenvalue weighted by Gasteiger charge is 2.13. The zero-order valence-electron chi connectivity index (χ0n) is 13.8. The lowest BCUT2D eigenvalue weighted by Crippen LogP contribution is -2.36. The summed E-state index contributed by atoms with van der Waals surface area (Å²) in [7, 11) is 0. The van der Waals surface area contributed by atoms with Crippen LogP contribution < -0.4 is 10.6 Å². The van der Waals surface area contributed by atoms with Crippen LogP contribution in [0.25, 0.3) is 11.0 Å². The highest BCUT2D eigenvalue weighted by atomic mass is 16.2. The number of carbonyl (C=O) groups is 2. The van der Waals surface area contributed by atoms with E-state index in [9.17, 15) is 9.59 Å². The number of nitrogens with one attached hydrogen (secondary N) is 3. The van der Waals surface area contributed by atoms with Crippen molar-refractivity contribution in [1.82, 2.24) is 20.3 Å². The number of hydrogen-bond acceptors (Lipinski definition) is 5. The molecule has 130 valence electrons. The Hall–Kier alpha value is -3.73. The minimum Gasteiger partial charge on any atom is -0.348 e. The Balaban J connectivity index is 1.42. The first-order valence-corrected chi connectivity index (χ1v) is 8.04. The van der Waals surface area contributed by atoms with E-state index in [-0.39, 0.29) is 5.82 Å². The molecule has 3 N–H and O–H groups in total. The van der Waals surface area contributed by atoms with Crippen molar-refractivity contribution in [1.29, 1.82) is 5.26 Å². The Morgan fingerprint density at radius 1 is 1.15 bits per heavy atom. The van der Waals surface area contributed by atoms with Crippen LogP contribution in [0.3, 0.4) is 0 Å². The quantitative estimate of drug-likeness (QED) is 0.476. The predicted molar refractivity (Wildman–Crippen MR) is 95.0 cm³/mol. The van der Waals surface area contributed by atoms with Gasteiger partial charge < -0.3 is 15.6 Å². The maximum atomic E-state index is 11.8. The highest BCUT2D eigenvalue weighted by Crippen LogP contribution is 2.11. The summed E-state index contributed by atoms with van der Waals surface area (Å²) in [6.45, 7) is 0.351. The SMILES string of the molecule is N#Cc1ccc(NC(=O)C(=O)NCCCc2nc3ccccc3[nH]2)nc1. The number of hydrogen-bond donors (Lipinski definition) is 3. The molecule has 3 aromatic rings. The number of aromatic amines is 1. The third kappa shape index (κ3) is 4.21. The fraction of sp³-hybridized carbons (Fsp3) is 0.167. The number of benzene rings is 1. The van der Waals surface area contributed by atoms with Gasteiger partial charge in [0.1, 0.15) is 17.7 Å². The zero-order valence-corrected chi connectivity index (χ0v) is 13.8. The van der Waals surface area contributed by atoms with Gasteiger partial charge in [0.05, 0.1) is 16.6 Å². The van der Waals surface area contributed by atoms with Crippen LogP contribution in [0.4, 0.5) is 5.82 Å². The molecule has 0 atom stereocenters. The van der Waals surface area contributed by atoms with E-state index in [1.54, 1.807) is 0 Å². The number of nitrogens with zero attached hydrogens (tertiary/aromatic N) is 3. The molecule has 0 aliphatic carbocycles. The summed E-state index contributed by atoms with van der Waals surface area (Å²) in [4.78, 5) is 35.1. The summed E-state index contributed by atoms with van der Waals surface area (Å²) in [6, 6.07) is 12.6. The van der Waals surface area contributed by atoms with Crippen molar-refractivity contribution in [2.24, 2.45) is 0 Å². The van der Waals surface area contributed by atoms with Crippen LogP contribution in [0.15, 0.2) is 42.6 Å². The Morgan fingerprint density at radius 2 is 2.00 bits per heavy atom. The van der Waals surface area contributed by atoms with E-state index in [2.05, 4.69) is 25.6 Å². The van der Waals surface area contributed by atoms with E-state index in [1.807, 2.05) is 30.3 Å². The van der Waals surface area contributed by atoms with Gasteiger partial charge in [0.2, 0.25) is 0 Å². The van der Waals surface area contributed by atoms with Crippen molar-refractivity contribution >= 4 is 28.7 Å². The van der Waals surface area contributed by atoms with Crippen LogP contribution in [0.1, 0.15) is 17.8 Å². The summed E-state index contributed by atoms with van der Waals surface area (Å²) in [5.41, 5.74) is 2.25. The van der Waals surface area contributed by atoms with Gasteiger partial charge >= 0.3 is 11.8 Å². The van der Waals surface area contributed by atoms with Crippen molar-refractivity contribution < 1.29 is 9.59 Å². The second-order valence-corrected chi connectivity index (χ2v) is 5.56. The van der Waals surface area contributed by atoms with E-state index in [0.717, 1.165) is 16.9 Å². The number of aromatic nitrogens is 3. The third-order valence-electron chi connectivity index (χ3n) is 3.65. The molecule has 0 bridgehead atoms. The molecule has 2 amide bonds. The van der Waals surface area contributed by atoms with Crippen molar-refractivity contribution in [2.45, 2.75) is 12.8 Å². The number of H-pyrrole nitrogens is 1. The first-order chi connectivity index (χ1) is 12.7. The summed E-state index contributed by atoms with van der Waals surface area (Å²) in [5.74, 6) is -0.482. The van der Waals surface area contributed by atoms with Gasteiger partial charge in [-0.3, -0.25) is 9.59 Å². The molecule has 2 aromatic heterocycles. The minimum atomic E-state index is -0.800. The molecular weight excluding hydrogens is 332 g/mol. The average Bonchev–Trinajstić information content (AvgIpc) is 3.08. The molecule has 0 fully saturated rings. The molecular formula is C18H16N6O2. The molecule has 2 heterocycles. The summed E-state index contributed by atoms with van der Waals surface area (Å²) in [5, 5.41) is 13.6. The summed E-state index contributed by atoms with van der Waals surface area (Å²) in [6.07, 6.45) is 2.63. The minimum absolute atomic E-state index is 0.214. The van der Waals surface area contributed by atoms with E-state index in [1.165, 1.54) is 18.3 Å². The molecule has 0 saturated carbocycles. The van der Waals surface area contributed by atoms with Crippen LogP contribution in [0.5, 0.6) is 0 Å². The van der Waals surface area contributed by atoms with Crippen LogP contribution in [-0.4, -0.2) is 33.3 Å². The number of fused-ring (bicyclic) bond motifs is 1. The fourth-order valence-corrected chi connectivity index (χ4v) is 2.37. The van der Waals surface area contributed by atoms with Crippen LogP contribution in [0.2, 0.25) is 0 Å². The van der Waals surface area contributed by atoms with Crippen molar-refractivity contribution in [3.8, 4) is 6.07 Å². The highest BCUT2D eigenvalue weighted by molar-refractivity contribution is 6.39. The number of pyridine rings is 1. The lowest BCUT2D eigenvalue weighted by Gasteiger charge is -2.05. The molecule has 0 spiro atoms. The molecule has 8 heteroatoms. The number of nitriles is 1. The normalized spacial score (nSPS) is 10.3.